The second-order valence-corrected chi connectivity index (χ2v) is 6.30. The van der Waals surface area contributed by atoms with Crippen LogP contribution < -0.4 is 5.32 Å². The van der Waals surface area contributed by atoms with Crippen LogP contribution >= 0.6 is 11.6 Å². The molecule has 1 amide bonds. The summed E-state index contributed by atoms with van der Waals surface area (Å²) in [7, 11) is 0. The van der Waals surface area contributed by atoms with E-state index in [9.17, 15) is 13.6 Å². The van der Waals surface area contributed by atoms with Crippen molar-refractivity contribution in [3.05, 3.63) is 82.1 Å². The number of hydrogen-bond acceptors (Lipinski definition) is 2. The number of carbonyl (C=O) groups excluding carboxylic acids is 1. The summed E-state index contributed by atoms with van der Waals surface area (Å²) in [5, 5.41) is 7.19. The van der Waals surface area contributed by atoms with Gasteiger partial charge in [0.05, 0.1) is 28.5 Å². The molecule has 0 aliphatic carbocycles. The molecule has 7 heteroatoms. The summed E-state index contributed by atoms with van der Waals surface area (Å²) < 4.78 is 27.9. The average molecular weight is 376 g/mol. The first-order valence-corrected chi connectivity index (χ1v) is 8.31. The van der Waals surface area contributed by atoms with Crippen molar-refractivity contribution in [1.82, 2.24) is 15.1 Å². The maximum atomic E-state index is 13.1. The number of benzene rings is 2. The van der Waals surface area contributed by atoms with E-state index in [0.717, 1.165) is 23.0 Å². The topological polar surface area (TPSA) is 46.9 Å². The van der Waals surface area contributed by atoms with Crippen LogP contribution in [0.15, 0.2) is 48.7 Å². The SMILES string of the molecule is Cc1c(C(C)NC(=O)c2ccc(F)cc2Cl)cnn1-c1ccc(F)cc1. The molecule has 1 heterocycles. The summed E-state index contributed by atoms with van der Waals surface area (Å²) in [5.74, 6) is -1.23. The van der Waals surface area contributed by atoms with Gasteiger partial charge in [-0.2, -0.15) is 5.10 Å². The van der Waals surface area contributed by atoms with Gasteiger partial charge in [-0.1, -0.05) is 11.6 Å². The highest BCUT2D eigenvalue weighted by Gasteiger charge is 2.18. The molecule has 134 valence electrons. The highest BCUT2D eigenvalue weighted by molar-refractivity contribution is 6.33. The molecule has 1 N–H and O–H groups in total. The van der Waals surface area contributed by atoms with E-state index in [4.69, 9.17) is 11.6 Å². The Morgan fingerprint density at radius 3 is 2.46 bits per heavy atom. The molecule has 3 rings (SSSR count). The van der Waals surface area contributed by atoms with Gasteiger partial charge in [-0.3, -0.25) is 4.79 Å². The Kier molecular flexibility index (Phi) is 5.04. The molecular formula is C19H16ClF2N3O. The molecule has 3 aromatic rings. The zero-order valence-corrected chi connectivity index (χ0v) is 14.9. The van der Waals surface area contributed by atoms with Gasteiger partial charge < -0.3 is 5.32 Å². The van der Waals surface area contributed by atoms with Crippen molar-refractivity contribution in [3.8, 4) is 5.69 Å². The van der Waals surface area contributed by atoms with Crippen LogP contribution in [0.25, 0.3) is 5.69 Å². The lowest BCUT2D eigenvalue weighted by atomic mass is 10.1. The molecule has 2 aromatic carbocycles. The third-order valence-corrected chi connectivity index (χ3v) is 4.42. The average Bonchev–Trinajstić information content (AvgIpc) is 2.97. The maximum Gasteiger partial charge on any atom is 0.253 e. The summed E-state index contributed by atoms with van der Waals surface area (Å²) in [5.41, 5.74) is 2.54. The molecule has 1 atom stereocenters. The Balaban J connectivity index is 1.81. The Hall–Kier alpha value is -2.73. The fourth-order valence-electron chi connectivity index (χ4n) is 2.72. The molecule has 0 radical (unpaired) electrons. The van der Waals surface area contributed by atoms with Crippen molar-refractivity contribution in [1.29, 1.82) is 0 Å². The minimum Gasteiger partial charge on any atom is -0.345 e. The first kappa shape index (κ1) is 18.1. The number of halogens is 3. The number of nitrogens with one attached hydrogen (secondary N) is 1. The van der Waals surface area contributed by atoms with E-state index in [1.54, 1.807) is 23.0 Å². The monoisotopic (exact) mass is 375 g/mol. The number of aromatic nitrogens is 2. The molecule has 0 aliphatic heterocycles. The lowest BCUT2D eigenvalue weighted by molar-refractivity contribution is 0.0940. The van der Waals surface area contributed by atoms with Crippen molar-refractivity contribution in [2.45, 2.75) is 19.9 Å². The normalized spacial score (nSPS) is 12.0. The van der Waals surface area contributed by atoms with Crippen LogP contribution in [-0.4, -0.2) is 15.7 Å². The standard InChI is InChI=1S/C19H16ClF2N3O/c1-11(24-19(26)16-8-5-14(22)9-18(16)20)17-10-23-25(12(17)2)15-6-3-13(21)4-7-15/h3-11H,1-2H3,(H,24,26). The molecule has 1 aromatic heterocycles. The Labute approximate surface area is 154 Å². The number of nitrogens with zero attached hydrogens (tertiary/aromatic N) is 2. The summed E-state index contributed by atoms with van der Waals surface area (Å²) in [6.07, 6.45) is 1.65. The molecule has 1 unspecified atom stereocenters. The van der Waals surface area contributed by atoms with Gasteiger partial charge in [0.2, 0.25) is 0 Å². The highest BCUT2D eigenvalue weighted by atomic mass is 35.5. The molecule has 26 heavy (non-hydrogen) atoms. The van der Waals surface area contributed by atoms with Crippen molar-refractivity contribution in [2.24, 2.45) is 0 Å². The van der Waals surface area contributed by atoms with E-state index in [2.05, 4.69) is 10.4 Å². The quantitative estimate of drug-likeness (QED) is 0.724. The Morgan fingerprint density at radius 2 is 1.81 bits per heavy atom. The maximum absolute atomic E-state index is 13.1. The van der Waals surface area contributed by atoms with Gasteiger partial charge in [0.15, 0.2) is 0 Å². The van der Waals surface area contributed by atoms with E-state index in [1.807, 2.05) is 13.8 Å². The van der Waals surface area contributed by atoms with Gasteiger partial charge in [0.25, 0.3) is 5.91 Å². The van der Waals surface area contributed by atoms with Gasteiger partial charge in [0, 0.05) is 11.3 Å². The van der Waals surface area contributed by atoms with Gasteiger partial charge in [-0.05, 0) is 56.3 Å². The third-order valence-electron chi connectivity index (χ3n) is 4.11. The lowest BCUT2D eigenvalue weighted by Crippen LogP contribution is -2.27. The van der Waals surface area contributed by atoms with Crippen LogP contribution in [0.3, 0.4) is 0 Å². The largest absolute Gasteiger partial charge is 0.345 e. The summed E-state index contributed by atoms with van der Waals surface area (Å²) >= 11 is 5.93. The van der Waals surface area contributed by atoms with Crippen LogP contribution in [0.2, 0.25) is 5.02 Å². The van der Waals surface area contributed by atoms with Crippen molar-refractivity contribution < 1.29 is 13.6 Å². The van der Waals surface area contributed by atoms with Crippen LogP contribution in [0.4, 0.5) is 8.78 Å². The zero-order chi connectivity index (χ0) is 18.8. The highest BCUT2D eigenvalue weighted by Crippen LogP contribution is 2.22. The summed E-state index contributed by atoms with van der Waals surface area (Å²) in [4.78, 5) is 12.4. The molecule has 0 spiro atoms. The van der Waals surface area contributed by atoms with Crippen LogP contribution in [0, 0.1) is 18.6 Å². The van der Waals surface area contributed by atoms with E-state index < -0.39 is 11.7 Å². The predicted molar refractivity (Wildman–Crippen MR) is 95.6 cm³/mol. The first-order chi connectivity index (χ1) is 12.4. The zero-order valence-electron chi connectivity index (χ0n) is 14.1. The van der Waals surface area contributed by atoms with Crippen LogP contribution in [0.1, 0.15) is 34.6 Å². The number of amides is 1. The predicted octanol–water partition coefficient (Wildman–Crippen LogP) is 4.60. The van der Waals surface area contributed by atoms with E-state index in [-0.39, 0.29) is 22.4 Å². The van der Waals surface area contributed by atoms with Gasteiger partial charge in [0.1, 0.15) is 11.6 Å². The first-order valence-electron chi connectivity index (χ1n) is 7.93. The van der Waals surface area contributed by atoms with E-state index >= 15 is 0 Å². The van der Waals surface area contributed by atoms with E-state index in [1.165, 1.54) is 24.3 Å². The van der Waals surface area contributed by atoms with Crippen molar-refractivity contribution in [2.75, 3.05) is 0 Å². The Morgan fingerprint density at radius 1 is 1.15 bits per heavy atom. The molecule has 0 aliphatic rings. The van der Waals surface area contributed by atoms with Crippen molar-refractivity contribution in [3.63, 3.8) is 0 Å². The number of hydrogen-bond donors (Lipinski definition) is 1. The fraction of sp³-hybridized carbons (Fsp3) is 0.158. The second-order valence-electron chi connectivity index (χ2n) is 5.89. The van der Waals surface area contributed by atoms with Crippen LogP contribution in [0.5, 0.6) is 0 Å². The van der Waals surface area contributed by atoms with Gasteiger partial charge in [-0.15, -0.1) is 0 Å². The van der Waals surface area contributed by atoms with Crippen molar-refractivity contribution >= 4 is 17.5 Å². The molecular weight excluding hydrogens is 360 g/mol. The molecule has 4 nitrogen and oxygen atoms in total. The van der Waals surface area contributed by atoms with Crippen LogP contribution in [-0.2, 0) is 0 Å². The summed E-state index contributed by atoms with van der Waals surface area (Å²) in [6, 6.07) is 9.24. The molecule has 0 saturated carbocycles. The number of rotatable bonds is 4. The lowest BCUT2D eigenvalue weighted by Gasteiger charge is -2.15. The summed E-state index contributed by atoms with van der Waals surface area (Å²) in [6.45, 7) is 3.67. The van der Waals surface area contributed by atoms with Gasteiger partial charge >= 0.3 is 0 Å². The fourth-order valence-corrected chi connectivity index (χ4v) is 2.97. The minimum atomic E-state index is -0.504. The second kappa shape index (κ2) is 7.25. The number of carbonyl (C=O) groups is 1. The van der Waals surface area contributed by atoms with Gasteiger partial charge in [-0.25, -0.2) is 13.5 Å². The minimum absolute atomic E-state index is 0.0495. The third kappa shape index (κ3) is 3.60. The van der Waals surface area contributed by atoms with E-state index in [0.29, 0.717) is 0 Å². The molecule has 0 fully saturated rings. The molecule has 0 bridgehead atoms. The molecule has 0 saturated heterocycles. The smallest absolute Gasteiger partial charge is 0.253 e. The Bertz CT molecular complexity index is 954.